The van der Waals surface area contributed by atoms with Gasteiger partial charge in [-0.3, -0.25) is 4.90 Å². The number of nitrogens with zero attached hydrogens (tertiary/aromatic N) is 1. The van der Waals surface area contributed by atoms with Crippen LogP contribution in [0.3, 0.4) is 0 Å². The van der Waals surface area contributed by atoms with Gasteiger partial charge in [-0.15, -0.1) is 0 Å². The molecule has 2 rings (SSSR count). The maximum Gasteiger partial charge on any atom is 0.0297 e. The molecule has 0 amide bonds. The topological polar surface area (TPSA) is 15.3 Å². The quantitative estimate of drug-likeness (QED) is 0.878. The molecule has 0 aromatic heterocycles. The number of rotatable bonds is 4. The van der Waals surface area contributed by atoms with Crippen molar-refractivity contribution in [3.05, 3.63) is 35.4 Å². The Hall–Kier alpha value is -0.860. The van der Waals surface area contributed by atoms with Crippen molar-refractivity contribution in [2.24, 2.45) is 0 Å². The highest BCUT2D eigenvalue weighted by molar-refractivity contribution is 5.28. The molecule has 0 radical (unpaired) electrons. The first-order valence-electron chi connectivity index (χ1n) is 7.13. The van der Waals surface area contributed by atoms with Crippen LogP contribution in [0.4, 0.5) is 0 Å². The van der Waals surface area contributed by atoms with Gasteiger partial charge in [-0.1, -0.05) is 24.3 Å². The third kappa shape index (κ3) is 3.12. The maximum absolute atomic E-state index is 3.78. The molecular weight excluding hydrogens is 220 g/mol. The average molecular weight is 246 g/mol. The third-order valence-corrected chi connectivity index (χ3v) is 4.09. The minimum Gasteiger partial charge on any atom is -0.306 e. The van der Waals surface area contributed by atoms with Gasteiger partial charge in [0.25, 0.3) is 0 Å². The van der Waals surface area contributed by atoms with Crippen molar-refractivity contribution in [3.63, 3.8) is 0 Å². The van der Waals surface area contributed by atoms with Gasteiger partial charge in [0.05, 0.1) is 0 Å². The van der Waals surface area contributed by atoms with E-state index in [4.69, 9.17) is 0 Å². The van der Waals surface area contributed by atoms with Crippen LogP contribution in [0.15, 0.2) is 24.3 Å². The van der Waals surface area contributed by atoms with Gasteiger partial charge in [-0.2, -0.15) is 0 Å². The van der Waals surface area contributed by atoms with Gasteiger partial charge in [-0.05, 0) is 51.8 Å². The first-order chi connectivity index (χ1) is 8.58. The molecule has 2 nitrogen and oxygen atoms in total. The highest BCUT2D eigenvalue weighted by Crippen LogP contribution is 2.20. The fraction of sp³-hybridized carbons (Fsp3) is 0.625. The van der Waals surface area contributed by atoms with Gasteiger partial charge in [0.1, 0.15) is 0 Å². The summed E-state index contributed by atoms with van der Waals surface area (Å²) in [5.41, 5.74) is 2.82. The van der Waals surface area contributed by atoms with E-state index in [9.17, 15) is 0 Å². The van der Waals surface area contributed by atoms with E-state index in [1.807, 2.05) is 0 Å². The van der Waals surface area contributed by atoms with E-state index in [1.54, 1.807) is 0 Å². The summed E-state index contributed by atoms with van der Waals surface area (Å²) in [4.78, 5) is 2.56. The predicted octanol–water partition coefficient (Wildman–Crippen LogP) is 3.13. The summed E-state index contributed by atoms with van der Waals surface area (Å²) in [5.74, 6) is 0. The number of nitrogens with one attached hydrogen (secondary N) is 1. The van der Waals surface area contributed by atoms with Crippen molar-refractivity contribution in [2.75, 3.05) is 13.1 Å². The minimum absolute atomic E-state index is 0.448. The van der Waals surface area contributed by atoms with Gasteiger partial charge in [0.2, 0.25) is 0 Å². The molecule has 1 N–H and O–H groups in total. The molecule has 100 valence electrons. The van der Waals surface area contributed by atoms with Crippen molar-refractivity contribution in [1.82, 2.24) is 10.2 Å². The highest BCUT2D eigenvalue weighted by Gasteiger charge is 2.25. The molecule has 0 spiro atoms. The second-order valence-corrected chi connectivity index (χ2v) is 5.82. The average Bonchev–Trinajstić information content (AvgIpc) is 2.78. The number of hydrogen-bond acceptors (Lipinski definition) is 2. The Bertz CT molecular complexity index is 386. The monoisotopic (exact) mass is 246 g/mol. The Morgan fingerprint density at radius 3 is 2.56 bits per heavy atom. The van der Waals surface area contributed by atoms with Gasteiger partial charge in [0.15, 0.2) is 0 Å². The lowest BCUT2D eigenvalue weighted by Crippen LogP contribution is -2.36. The van der Waals surface area contributed by atoms with Crippen LogP contribution >= 0.6 is 0 Å². The van der Waals surface area contributed by atoms with E-state index in [-0.39, 0.29) is 0 Å². The van der Waals surface area contributed by atoms with Crippen molar-refractivity contribution in [3.8, 4) is 0 Å². The molecule has 1 fully saturated rings. The lowest BCUT2D eigenvalue weighted by molar-refractivity contribution is 0.266. The summed E-state index contributed by atoms with van der Waals surface area (Å²) in [6, 6.07) is 10.4. The van der Waals surface area contributed by atoms with Crippen LogP contribution < -0.4 is 5.32 Å². The van der Waals surface area contributed by atoms with E-state index in [0.29, 0.717) is 18.1 Å². The van der Waals surface area contributed by atoms with Gasteiger partial charge in [-0.25, -0.2) is 0 Å². The molecule has 2 heteroatoms. The zero-order valence-corrected chi connectivity index (χ0v) is 12.1. The number of aryl methyl sites for hydroxylation is 1. The Morgan fingerprint density at radius 1 is 1.22 bits per heavy atom. The van der Waals surface area contributed by atoms with Crippen LogP contribution in [-0.4, -0.2) is 30.1 Å². The first-order valence-corrected chi connectivity index (χ1v) is 7.13. The van der Waals surface area contributed by atoms with Crippen LogP contribution in [0.5, 0.6) is 0 Å². The summed E-state index contributed by atoms with van der Waals surface area (Å²) in [6.45, 7) is 11.5. The fourth-order valence-electron chi connectivity index (χ4n) is 2.91. The molecule has 2 unspecified atom stereocenters. The van der Waals surface area contributed by atoms with E-state index in [1.165, 1.54) is 30.6 Å². The molecule has 18 heavy (non-hydrogen) atoms. The molecule has 1 aromatic carbocycles. The molecule has 1 heterocycles. The van der Waals surface area contributed by atoms with Gasteiger partial charge < -0.3 is 5.32 Å². The molecule has 1 aromatic rings. The predicted molar refractivity (Wildman–Crippen MR) is 77.8 cm³/mol. The Labute approximate surface area is 111 Å². The second-order valence-electron chi connectivity index (χ2n) is 5.82. The summed E-state index contributed by atoms with van der Waals surface area (Å²) in [7, 11) is 0. The molecule has 2 atom stereocenters. The van der Waals surface area contributed by atoms with E-state index in [2.05, 4.69) is 62.2 Å². The Kier molecular flexibility index (Phi) is 4.41. The van der Waals surface area contributed by atoms with E-state index in [0.717, 1.165) is 0 Å². The summed E-state index contributed by atoms with van der Waals surface area (Å²) >= 11 is 0. The van der Waals surface area contributed by atoms with Crippen molar-refractivity contribution in [2.45, 2.75) is 52.2 Å². The maximum atomic E-state index is 3.78. The SMILES string of the molecule is Cc1ccccc1C(C)NC1CCN(C(C)C)C1. The largest absolute Gasteiger partial charge is 0.306 e. The molecule has 0 saturated carbocycles. The summed E-state index contributed by atoms with van der Waals surface area (Å²) in [5, 5.41) is 3.78. The Balaban J connectivity index is 1.93. The molecule has 0 bridgehead atoms. The van der Waals surface area contributed by atoms with E-state index < -0.39 is 0 Å². The minimum atomic E-state index is 0.448. The van der Waals surface area contributed by atoms with Gasteiger partial charge >= 0.3 is 0 Å². The number of hydrogen-bond donors (Lipinski definition) is 1. The molecule has 1 aliphatic rings. The number of benzene rings is 1. The number of likely N-dealkylation sites (tertiary alicyclic amines) is 1. The van der Waals surface area contributed by atoms with Crippen molar-refractivity contribution < 1.29 is 0 Å². The van der Waals surface area contributed by atoms with Crippen LogP contribution in [0.2, 0.25) is 0 Å². The molecule has 1 aliphatic heterocycles. The van der Waals surface area contributed by atoms with Crippen molar-refractivity contribution >= 4 is 0 Å². The first kappa shape index (κ1) is 13.6. The van der Waals surface area contributed by atoms with Crippen LogP contribution in [0.25, 0.3) is 0 Å². The van der Waals surface area contributed by atoms with Gasteiger partial charge in [0, 0.05) is 24.7 Å². The smallest absolute Gasteiger partial charge is 0.0297 e. The summed E-state index contributed by atoms with van der Waals surface area (Å²) in [6.07, 6.45) is 1.27. The molecule has 0 aliphatic carbocycles. The van der Waals surface area contributed by atoms with Crippen molar-refractivity contribution in [1.29, 1.82) is 0 Å². The van der Waals surface area contributed by atoms with E-state index >= 15 is 0 Å². The third-order valence-electron chi connectivity index (χ3n) is 4.09. The molecular formula is C16H26N2. The van der Waals surface area contributed by atoms with Crippen LogP contribution in [-0.2, 0) is 0 Å². The highest BCUT2D eigenvalue weighted by atomic mass is 15.2. The summed E-state index contributed by atoms with van der Waals surface area (Å²) < 4.78 is 0. The lowest BCUT2D eigenvalue weighted by Gasteiger charge is -2.23. The van der Waals surface area contributed by atoms with Crippen LogP contribution in [0.1, 0.15) is 44.4 Å². The standard InChI is InChI=1S/C16H26N2/c1-12(2)18-10-9-15(11-18)17-14(4)16-8-6-5-7-13(16)3/h5-8,12,14-15,17H,9-11H2,1-4H3. The van der Waals surface area contributed by atoms with Crippen LogP contribution in [0, 0.1) is 6.92 Å². The Morgan fingerprint density at radius 2 is 1.94 bits per heavy atom. The molecule has 1 saturated heterocycles. The fourth-order valence-corrected chi connectivity index (χ4v) is 2.91. The second kappa shape index (κ2) is 5.85. The lowest BCUT2D eigenvalue weighted by atomic mass is 10.0. The normalized spacial score (nSPS) is 22.6. The zero-order valence-electron chi connectivity index (χ0n) is 12.1. The zero-order chi connectivity index (χ0) is 13.1.